The van der Waals surface area contributed by atoms with Crippen molar-refractivity contribution >= 4 is 11.9 Å². The Bertz CT molecular complexity index is 1090. The minimum absolute atomic E-state index is 0.0781. The van der Waals surface area contributed by atoms with Gasteiger partial charge in [-0.05, 0) is 71.3 Å². The predicted molar refractivity (Wildman–Crippen MR) is 138 cm³/mol. The molecule has 0 bridgehead atoms. The molecule has 0 amide bonds. The van der Waals surface area contributed by atoms with E-state index >= 15 is 0 Å². The largest absolute Gasteiger partial charge is 0.461 e. The van der Waals surface area contributed by atoms with Gasteiger partial charge in [0.1, 0.15) is 12.7 Å². The minimum Gasteiger partial charge on any atom is -0.461 e. The molecule has 2 aliphatic carbocycles. The molecular formula is C30H39F3O5. The lowest BCUT2D eigenvalue weighted by atomic mass is 9.56. The second kappa shape index (κ2) is 10.9. The average molecular weight is 537 g/mol. The summed E-state index contributed by atoms with van der Waals surface area (Å²) >= 11 is 0. The number of rotatable bonds is 6. The van der Waals surface area contributed by atoms with Crippen molar-refractivity contribution in [1.82, 2.24) is 0 Å². The molecule has 2 fully saturated rings. The van der Waals surface area contributed by atoms with Gasteiger partial charge in [0.15, 0.2) is 0 Å². The van der Waals surface area contributed by atoms with Gasteiger partial charge in [-0.15, -0.1) is 0 Å². The fourth-order valence-electron chi connectivity index (χ4n) is 5.67. The van der Waals surface area contributed by atoms with Crippen molar-refractivity contribution in [2.24, 2.45) is 16.7 Å². The van der Waals surface area contributed by atoms with Gasteiger partial charge in [0, 0.05) is 18.1 Å². The molecule has 5 nitrogen and oxygen atoms in total. The fourth-order valence-corrected chi connectivity index (χ4v) is 5.67. The van der Waals surface area contributed by atoms with E-state index in [2.05, 4.69) is 6.58 Å². The SMILES string of the molecule is C=C1CC[C@@H](OC(=O)[C@](OC)(c2ccccc2)C(F)(F)F)[C@]2(C)CC/C(=C(/C)COC(=O)C(C)(C)C)C[C@@H]12. The first-order valence-corrected chi connectivity index (χ1v) is 13.0. The first-order valence-electron chi connectivity index (χ1n) is 13.0. The van der Waals surface area contributed by atoms with E-state index in [0.717, 1.165) is 23.8 Å². The summed E-state index contributed by atoms with van der Waals surface area (Å²) in [6.45, 7) is 13.7. The van der Waals surface area contributed by atoms with E-state index in [1.165, 1.54) is 24.3 Å². The number of hydrogen-bond donors (Lipinski definition) is 0. The number of halogens is 3. The van der Waals surface area contributed by atoms with Crippen LogP contribution in [0, 0.1) is 16.7 Å². The van der Waals surface area contributed by atoms with Gasteiger partial charge in [0.25, 0.3) is 5.60 Å². The van der Waals surface area contributed by atoms with Crippen molar-refractivity contribution in [2.45, 2.75) is 84.6 Å². The lowest BCUT2D eigenvalue weighted by Gasteiger charge is -2.51. The molecule has 1 aromatic carbocycles. The predicted octanol–water partition coefficient (Wildman–Crippen LogP) is 7.06. The number of fused-ring (bicyclic) bond motifs is 1. The number of alkyl halides is 3. The van der Waals surface area contributed by atoms with Gasteiger partial charge < -0.3 is 14.2 Å². The molecule has 2 saturated carbocycles. The molecule has 1 aromatic rings. The minimum atomic E-state index is -5.02. The Morgan fingerprint density at radius 2 is 1.71 bits per heavy atom. The Morgan fingerprint density at radius 1 is 1.08 bits per heavy atom. The Morgan fingerprint density at radius 3 is 2.26 bits per heavy atom. The van der Waals surface area contributed by atoms with Gasteiger partial charge in [0.2, 0.25) is 0 Å². The zero-order chi connectivity index (χ0) is 28.5. The number of benzene rings is 1. The maximum Gasteiger partial charge on any atom is 0.432 e. The van der Waals surface area contributed by atoms with Gasteiger partial charge in [-0.25, -0.2) is 4.79 Å². The molecule has 2 aliphatic rings. The third kappa shape index (κ3) is 5.56. The first-order chi connectivity index (χ1) is 17.6. The van der Waals surface area contributed by atoms with Crippen molar-refractivity contribution in [3.05, 3.63) is 59.2 Å². The van der Waals surface area contributed by atoms with E-state index in [9.17, 15) is 22.8 Å². The van der Waals surface area contributed by atoms with Crippen LogP contribution in [0.2, 0.25) is 0 Å². The molecule has 3 rings (SSSR count). The molecular weight excluding hydrogens is 497 g/mol. The quantitative estimate of drug-likeness (QED) is 0.288. The highest BCUT2D eigenvalue weighted by atomic mass is 19.4. The number of carbonyl (C=O) groups excluding carboxylic acids is 2. The van der Waals surface area contributed by atoms with E-state index in [1.807, 2.05) is 13.8 Å². The molecule has 0 aromatic heterocycles. The molecule has 0 radical (unpaired) electrons. The lowest BCUT2D eigenvalue weighted by molar-refractivity contribution is -0.281. The maximum atomic E-state index is 14.4. The summed E-state index contributed by atoms with van der Waals surface area (Å²) in [6, 6.07) is 6.88. The normalized spacial score (nSPS) is 27.1. The highest BCUT2D eigenvalue weighted by Gasteiger charge is 2.65. The molecule has 0 spiro atoms. The third-order valence-corrected chi connectivity index (χ3v) is 8.23. The van der Waals surface area contributed by atoms with Crippen LogP contribution < -0.4 is 0 Å². The van der Waals surface area contributed by atoms with E-state index in [1.54, 1.807) is 26.8 Å². The standard InChI is InChI=1S/C30H39F3O5/c1-19-13-14-24(38-26(35)29(36-7,30(31,32)33)22-11-9-8-10-12-22)28(6)16-15-21(17-23(19)28)20(2)18-37-25(34)27(3,4)5/h8-12,23-24H,1,13-18H2,2-7H3/b21-20+/t23-,24+,28+,29+/m0/s1. The molecule has 0 heterocycles. The maximum absolute atomic E-state index is 14.4. The number of esters is 2. The van der Waals surface area contributed by atoms with Gasteiger partial charge in [-0.1, -0.05) is 55.0 Å². The molecule has 0 aliphatic heterocycles. The van der Waals surface area contributed by atoms with Crippen molar-refractivity contribution in [3.8, 4) is 0 Å². The third-order valence-electron chi connectivity index (χ3n) is 8.23. The zero-order valence-corrected chi connectivity index (χ0v) is 23.2. The topological polar surface area (TPSA) is 61.8 Å². The van der Waals surface area contributed by atoms with Crippen LogP contribution in [-0.4, -0.2) is 37.9 Å². The molecule has 210 valence electrons. The number of allylic oxidation sites excluding steroid dienone is 2. The Hall–Kier alpha value is -2.61. The summed E-state index contributed by atoms with van der Waals surface area (Å²) in [5, 5.41) is 0. The van der Waals surface area contributed by atoms with Crippen LogP contribution in [-0.2, 0) is 29.4 Å². The Kier molecular flexibility index (Phi) is 8.56. The Labute approximate surface area is 223 Å². The summed E-state index contributed by atoms with van der Waals surface area (Å²) < 4.78 is 59.4. The number of ether oxygens (including phenoxy) is 3. The zero-order valence-electron chi connectivity index (χ0n) is 23.2. The monoisotopic (exact) mass is 536 g/mol. The van der Waals surface area contributed by atoms with Crippen molar-refractivity contribution < 1.29 is 37.0 Å². The van der Waals surface area contributed by atoms with E-state index in [0.29, 0.717) is 32.1 Å². The molecule has 0 N–H and O–H groups in total. The first kappa shape index (κ1) is 29.9. The van der Waals surface area contributed by atoms with Crippen molar-refractivity contribution in [1.29, 1.82) is 0 Å². The van der Waals surface area contributed by atoms with Crippen LogP contribution in [0.4, 0.5) is 13.2 Å². The highest BCUT2D eigenvalue weighted by molar-refractivity contribution is 5.83. The van der Waals surface area contributed by atoms with Crippen LogP contribution in [0.1, 0.15) is 72.3 Å². The molecule has 38 heavy (non-hydrogen) atoms. The summed E-state index contributed by atoms with van der Waals surface area (Å²) in [5.74, 6) is -1.81. The van der Waals surface area contributed by atoms with Crippen LogP contribution >= 0.6 is 0 Å². The van der Waals surface area contributed by atoms with Crippen LogP contribution in [0.25, 0.3) is 0 Å². The summed E-state index contributed by atoms with van der Waals surface area (Å²) in [4.78, 5) is 25.6. The molecule has 4 atom stereocenters. The van der Waals surface area contributed by atoms with Crippen LogP contribution in [0.3, 0.4) is 0 Å². The molecule has 8 heteroatoms. The van der Waals surface area contributed by atoms with Gasteiger partial charge in [0.05, 0.1) is 5.41 Å². The second-order valence-corrected chi connectivity index (χ2v) is 11.8. The Balaban J connectivity index is 1.85. The second-order valence-electron chi connectivity index (χ2n) is 11.8. The van der Waals surface area contributed by atoms with Crippen LogP contribution in [0.5, 0.6) is 0 Å². The lowest BCUT2D eigenvalue weighted by Crippen LogP contribution is -2.55. The van der Waals surface area contributed by atoms with Crippen molar-refractivity contribution in [2.75, 3.05) is 13.7 Å². The number of methoxy groups -OCH3 is 1. The van der Waals surface area contributed by atoms with E-state index in [-0.39, 0.29) is 24.1 Å². The van der Waals surface area contributed by atoms with Gasteiger partial charge >= 0.3 is 18.1 Å². The smallest absolute Gasteiger partial charge is 0.432 e. The van der Waals surface area contributed by atoms with Crippen LogP contribution in [0.15, 0.2) is 53.6 Å². The van der Waals surface area contributed by atoms with Gasteiger partial charge in [-0.2, -0.15) is 13.2 Å². The number of hydrogen-bond acceptors (Lipinski definition) is 5. The molecule has 0 unspecified atom stereocenters. The fraction of sp³-hybridized carbons (Fsp3) is 0.600. The van der Waals surface area contributed by atoms with Crippen molar-refractivity contribution in [3.63, 3.8) is 0 Å². The number of carbonyl (C=O) groups is 2. The highest BCUT2D eigenvalue weighted by Crippen LogP contribution is 2.55. The van der Waals surface area contributed by atoms with Gasteiger partial charge in [-0.3, -0.25) is 4.79 Å². The molecule has 0 saturated heterocycles. The summed E-state index contributed by atoms with van der Waals surface area (Å²) in [5.41, 5.74) is -1.62. The summed E-state index contributed by atoms with van der Waals surface area (Å²) in [7, 11) is 0.877. The van der Waals surface area contributed by atoms with E-state index in [4.69, 9.17) is 14.2 Å². The van der Waals surface area contributed by atoms with E-state index < -0.39 is 34.7 Å². The average Bonchev–Trinajstić information content (AvgIpc) is 2.84. The summed E-state index contributed by atoms with van der Waals surface area (Å²) in [6.07, 6.45) is -2.91.